The monoisotopic (exact) mass is 336 g/mol. The molecule has 0 saturated heterocycles. The van der Waals surface area contributed by atoms with E-state index in [2.05, 4.69) is 0 Å². The summed E-state index contributed by atoms with van der Waals surface area (Å²) >= 11 is 0. The van der Waals surface area contributed by atoms with Crippen molar-refractivity contribution >= 4 is 17.5 Å². The van der Waals surface area contributed by atoms with E-state index >= 15 is 0 Å². The molecule has 1 aromatic rings. The predicted octanol–water partition coefficient (Wildman–Crippen LogP) is 1.14. The third kappa shape index (κ3) is 4.46. The number of hydrogen-bond acceptors (Lipinski definition) is 5. The van der Waals surface area contributed by atoms with E-state index in [9.17, 15) is 14.7 Å². The number of phenols is 1. The summed E-state index contributed by atoms with van der Waals surface area (Å²) in [6.45, 7) is 5.69. The highest BCUT2D eigenvalue weighted by molar-refractivity contribution is 5.95. The lowest BCUT2D eigenvalue weighted by molar-refractivity contribution is -0.136. The fourth-order valence-electron chi connectivity index (χ4n) is 2.61. The lowest BCUT2D eigenvalue weighted by Crippen LogP contribution is -2.40. The first kappa shape index (κ1) is 18.2. The summed E-state index contributed by atoms with van der Waals surface area (Å²) < 4.78 is 10.4. The van der Waals surface area contributed by atoms with Gasteiger partial charge in [0.2, 0.25) is 5.91 Å². The van der Waals surface area contributed by atoms with E-state index in [-0.39, 0.29) is 30.8 Å². The summed E-state index contributed by atoms with van der Waals surface area (Å²) in [7, 11) is 0. The van der Waals surface area contributed by atoms with E-state index in [4.69, 9.17) is 9.47 Å². The largest absolute Gasteiger partial charge is 0.508 e. The second-order valence-corrected chi connectivity index (χ2v) is 5.45. The Kier molecular flexibility index (Phi) is 6.57. The average Bonchev–Trinajstić information content (AvgIpc) is 2.76. The van der Waals surface area contributed by atoms with Crippen LogP contribution in [0.15, 0.2) is 18.2 Å². The van der Waals surface area contributed by atoms with Crippen molar-refractivity contribution in [3.05, 3.63) is 23.8 Å². The topological polar surface area (TPSA) is 79.3 Å². The van der Waals surface area contributed by atoms with Gasteiger partial charge in [0.05, 0.1) is 0 Å². The molecule has 132 valence electrons. The summed E-state index contributed by atoms with van der Waals surface area (Å²) in [5, 5.41) is 9.76. The quantitative estimate of drug-likeness (QED) is 0.843. The zero-order valence-corrected chi connectivity index (χ0v) is 14.2. The number of carbonyl (C=O) groups excluding carboxylic acids is 2. The number of carbonyl (C=O) groups is 2. The first-order chi connectivity index (χ1) is 11.6. The molecule has 1 N–H and O–H groups in total. The van der Waals surface area contributed by atoms with Crippen molar-refractivity contribution < 1.29 is 24.2 Å². The Balaban J connectivity index is 2.23. The molecule has 1 aliphatic rings. The van der Waals surface area contributed by atoms with Crippen LogP contribution in [0.25, 0.3) is 0 Å². The van der Waals surface area contributed by atoms with Crippen molar-refractivity contribution in [3.63, 3.8) is 0 Å². The molecule has 0 atom stereocenters. The molecule has 1 aromatic carbocycles. The van der Waals surface area contributed by atoms with Gasteiger partial charge in [0, 0.05) is 38.5 Å². The molecule has 0 fully saturated rings. The van der Waals surface area contributed by atoms with Crippen LogP contribution in [0.1, 0.15) is 19.4 Å². The Hall–Kier alpha value is -2.12. The van der Waals surface area contributed by atoms with Crippen LogP contribution in [-0.4, -0.2) is 61.3 Å². The van der Waals surface area contributed by atoms with Gasteiger partial charge in [-0.25, -0.2) is 0 Å². The summed E-state index contributed by atoms with van der Waals surface area (Å²) in [6.07, 6.45) is 0. The van der Waals surface area contributed by atoms with Crippen molar-refractivity contribution in [3.8, 4) is 5.75 Å². The molecule has 0 saturated carbocycles. The van der Waals surface area contributed by atoms with Crippen LogP contribution in [0.5, 0.6) is 5.75 Å². The van der Waals surface area contributed by atoms with Gasteiger partial charge < -0.3 is 24.4 Å². The summed E-state index contributed by atoms with van der Waals surface area (Å²) in [5.41, 5.74) is 1.42. The molecular formula is C17H24N2O5. The summed E-state index contributed by atoms with van der Waals surface area (Å²) in [5.74, 6) is -0.196. The van der Waals surface area contributed by atoms with E-state index < -0.39 is 0 Å². The van der Waals surface area contributed by atoms with Gasteiger partial charge in [0.25, 0.3) is 5.91 Å². The van der Waals surface area contributed by atoms with Gasteiger partial charge in [-0.15, -0.1) is 0 Å². The zero-order chi connectivity index (χ0) is 17.5. The third-order valence-corrected chi connectivity index (χ3v) is 3.82. The number of anilines is 1. The molecule has 1 aliphatic heterocycles. The maximum absolute atomic E-state index is 12.4. The number of fused-ring (bicyclic) bond motifs is 1. The fourth-order valence-corrected chi connectivity index (χ4v) is 2.61. The maximum Gasteiger partial charge on any atom is 0.253 e. The molecule has 0 unspecified atom stereocenters. The number of benzene rings is 1. The van der Waals surface area contributed by atoms with E-state index in [1.54, 1.807) is 21.9 Å². The number of hydrogen-bond donors (Lipinski definition) is 1. The van der Waals surface area contributed by atoms with Gasteiger partial charge in [0.15, 0.2) is 0 Å². The Morgan fingerprint density at radius 3 is 2.42 bits per heavy atom. The van der Waals surface area contributed by atoms with Gasteiger partial charge in [-0.2, -0.15) is 0 Å². The molecule has 0 radical (unpaired) electrons. The predicted molar refractivity (Wildman–Crippen MR) is 88.9 cm³/mol. The third-order valence-electron chi connectivity index (χ3n) is 3.82. The number of phenolic OH excluding ortho intramolecular Hbond substituents is 1. The molecule has 0 spiro atoms. The van der Waals surface area contributed by atoms with Gasteiger partial charge in [-0.05, 0) is 37.6 Å². The zero-order valence-electron chi connectivity index (χ0n) is 14.2. The Labute approximate surface area is 141 Å². The minimum atomic E-state index is -0.164. The smallest absolute Gasteiger partial charge is 0.253 e. The molecule has 24 heavy (non-hydrogen) atoms. The molecule has 0 aromatic heterocycles. The minimum Gasteiger partial charge on any atom is -0.508 e. The van der Waals surface area contributed by atoms with E-state index in [0.29, 0.717) is 38.5 Å². The van der Waals surface area contributed by atoms with Crippen LogP contribution in [-0.2, 0) is 25.6 Å². The molecule has 1 heterocycles. The van der Waals surface area contributed by atoms with Crippen LogP contribution in [0, 0.1) is 0 Å². The van der Waals surface area contributed by atoms with Gasteiger partial charge >= 0.3 is 0 Å². The highest BCUT2D eigenvalue weighted by atomic mass is 16.5. The minimum absolute atomic E-state index is 0.0102. The maximum atomic E-state index is 12.4. The van der Waals surface area contributed by atoms with Crippen LogP contribution in [0.3, 0.4) is 0 Å². The standard InChI is InChI=1S/C17H24N2O5/c1-3-23-11-16(21)18-7-8-19(17(22)12-24-4-2)15-6-5-14(20)9-13(15)10-18/h5-6,9,20H,3-4,7-8,10-12H2,1-2H3. The van der Waals surface area contributed by atoms with E-state index in [0.717, 1.165) is 5.56 Å². The van der Waals surface area contributed by atoms with Crippen LogP contribution in [0.4, 0.5) is 5.69 Å². The Morgan fingerprint density at radius 1 is 1.08 bits per heavy atom. The Bertz CT molecular complexity index is 590. The van der Waals surface area contributed by atoms with Gasteiger partial charge in [0.1, 0.15) is 19.0 Å². The van der Waals surface area contributed by atoms with Gasteiger partial charge in [-0.3, -0.25) is 9.59 Å². The normalized spacial score (nSPS) is 14.2. The Morgan fingerprint density at radius 2 is 1.75 bits per heavy atom. The number of amides is 2. The van der Waals surface area contributed by atoms with E-state index in [1.165, 1.54) is 6.07 Å². The lowest BCUT2D eigenvalue weighted by atomic mass is 10.1. The number of rotatable bonds is 6. The fraction of sp³-hybridized carbons (Fsp3) is 0.529. The molecule has 2 rings (SSSR count). The number of aromatic hydroxyl groups is 1. The first-order valence-electron chi connectivity index (χ1n) is 8.12. The van der Waals surface area contributed by atoms with Crippen molar-refractivity contribution in [2.24, 2.45) is 0 Å². The SMILES string of the molecule is CCOCC(=O)N1CCN(C(=O)COCC)c2ccc(O)cc2C1. The van der Waals surface area contributed by atoms with Gasteiger partial charge in [-0.1, -0.05) is 0 Å². The lowest BCUT2D eigenvalue weighted by Gasteiger charge is -2.23. The summed E-state index contributed by atoms with van der Waals surface area (Å²) in [6, 6.07) is 4.82. The second kappa shape index (κ2) is 8.65. The van der Waals surface area contributed by atoms with Crippen molar-refractivity contribution in [1.29, 1.82) is 0 Å². The molecule has 2 amide bonds. The van der Waals surface area contributed by atoms with E-state index in [1.807, 2.05) is 13.8 Å². The van der Waals surface area contributed by atoms with Crippen LogP contribution >= 0.6 is 0 Å². The summed E-state index contributed by atoms with van der Waals surface area (Å²) in [4.78, 5) is 27.9. The first-order valence-corrected chi connectivity index (χ1v) is 8.12. The number of nitrogens with zero attached hydrogens (tertiary/aromatic N) is 2. The van der Waals surface area contributed by atoms with Crippen molar-refractivity contribution in [2.45, 2.75) is 20.4 Å². The molecule has 7 nitrogen and oxygen atoms in total. The number of ether oxygens (including phenoxy) is 2. The molecule has 7 heteroatoms. The molecule has 0 bridgehead atoms. The van der Waals surface area contributed by atoms with Crippen molar-refractivity contribution in [1.82, 2.24) is 4.90 Å². The average molecular weight is 336 g/mol. The highest BCUT2D eigenvalue weighted by Crippen LogP contribution is 2.28. The molecule has 0 aliphatic carbocycles. The van der Waals surface area contributed by atoms with Crippen LogP contribution < -0.4 is 4.90 Å². The van der Waals surface area contributed by atoms with Crippen LogP contribution in [0.2, 0.25) is 0 Å². The second-order valence-electron chi connectivity index (χ2n) is 5.45. The van der Waals surface area contributed by atoms with Crippen molar-refractivity contribution in [2.75, 3.05) is 44.4 Å². The highest BCUT2D eigenvalue weighted by Gasteiger charge is 2.26. The molecular weight excluding hydrogens is 312 g/mol.